The molecular weight excluding hydrogens is 371 g/mol. The SMILES string of the molecule is Fc1cccc(-c2nc(CSc3nncn3CCc3cccs3)co2)c1. The second kappa shape index (κ2) is 7.84. The maximum absolute atomic E-state index is 13.3. The highest BCUT2D eigenvalue weighted by molar-refractivity contribution is 7.98. The van der Waals surface area contributed by atoms with Gasteiger partial charge in [0, 0.05) is 22.7 Å². The van der Waals surface area contributed by atoms with E-state index in [0.717, 1.165) is 23.8 Å². The number of thioether (sulfide) groups is 1. The molecule has 0 radical (unpaired) electrons. The number of benzene rings is 1. The lowest BCUT2D eigenvalue weighted by Gasteiger charge is -2.04. The minimum atomic E-state index is -0.310. The molecule has 4 rings (SSSR count). The zero-order valence-electron chi connectivity index (χ0n) is 13.7. The van der Waals surface area contributed by atoms with Crippen molar-refractivity contribution < 1.29 is 8.81 Å². The quantitative estimate of drug-likeness (QED) is 0.432. The molecule has 0 spiro atoms. The Bertz CT molecular complexity index is 981. The van der Waals surface area contributed by atoms with E-state index in [0.29, 0.717) is 17.2 Å². The molecule has 0 unspecified atom stereocenters. The maximum atomic E-state index is 13.3. The van der Waals surface area contributed by atoms with Crippen molar-refractivity contribution in [1.29, 1.82) is 0 Å². The maximum Gasteiger partial charge on any atom is 0.226 e. The van der Waals surface area contributed by atoms with Gasteiger partial charge in [-0.05, 0) is 36.1 Å². The Morgan fingerprint density at radius 3 is 3.04 bits per heavy atom. The van der Waals surface area contributed by atoms with Crippen LogP contribution >= 0.6 is 23.1 Å². The molecular formula is C18H15FN4OS2. The van der Waals surface area contributed by atoms with E-state index in [4.69, 9.17) is 4.42 Å². The van der Waals surface area contributed by atoms with Crippen molar-refractivity contribution in [3.05, 3.63) is 70.8 Å². The van der Waals surface area contributed by atoms with Gasteiger partial charge in [-0.25, -0.2) is 9.37 Å². The summed E-state index contributed by atoms with van der Waals surface area (Å²) in [6.45, 7) is 0.837. The molecule has 4 aromatic rings. The molecule has 26 heavy (non-hydrogen) atoms. The van der Waals surface area contributed by atoms with Gasteiger partial charge >= 0.3 is 0 Å². The molecule has 0 saturated heterocycles. The van der Waals surface area contributed by atoms with Gasteiger partial charge in [-0.1, -0.05) is 23.9 Å². The summed E-state index contributed by atoms with van der Waals surface area (Å²) in [4.78, 5) is 5.77. The molecule has 0 aliphatic rings. The summed E-state index contributed by atoms with van der Waals surface area (Å²) in [6.07, 6.45) is 4.30. The van der Waals surface area contributed by atoms with Gasteiger partial charge in [-0.15, -0.1) is 21.5 Å². The summed E-state index contributed by atoms with van der Waals surface area (Å²) in [5.41, 5.74) is 1.41. The van der Waals surface area contributed by atoms with E-state index in [2.05, 4.69) is 32.7 Å². The fourth-order valence-corrected chi connectivity index (χ4v) is 3.98. The van der Waals surface area contributed by atoms with Gasteiger partial charge in [0.25, 0.3) is 0 Å². The topological polar surface area (TPSA) is 56.7 Å². The monoisotopic (exact) mass is 386 g/mol. The van der Waals surface area contributed by atoms with Crippen LogP contribution in [0.2, 0.25) is 0 Å². The second-order valence-electron chi connectivity index (χ2n) is 5.58. The minimum Gasteiger partial charge on any atom is -0.444 e. The Hall–Kier alpha value is -2.45. The van der Waals surface area contributed by atoms with E-state index in [1.807, 2.05) is 4.57 Å². The molecule has 132 valence electrons. The van der Waals surface area contributed by atoms with Gasteiger partial charge in [0.2, 0.25) is 5.89 Å². The number of nitrogens with zero attached hydrogens (tertiary/aromatic N) is 4. The molecule has 3 aromatic heterocycles. The highest BCUT2D eigenvalue weighted by Gasteiger charge is 2.11. The van der Waals surface area contributed by atoms with Crippen LogP contribution in [0.1, 0.15) is 10.6 Å². The van der Waals surface area contributed by atoms with Crippen molar-refractivity contribution in [3.63, 3.8) is 0 Å². The Labute approximate surface area is 157 Å². The van der Waals surface area contributed by atoms with Gasteiger partial charge in [0.15, 0.2) is 5.16 Å². The molecule has 0 N–H and O–H groups in total. The lowest BCUT2D eigenvalue weighted by molar-refractivity contribution is 0.571. The summed E-state index contributed by atoms with van der Waals surface area (Å²) in [7, 11) is 0. The predicted molar refractivity (Wildman–Crippen MR) is 99.5 cm³/mol. The Morgan fingerprint density at radius 2 is 2.19 bits per heavy atom. The van der Waals surface area contributed by atoms with Crippen LogP contribution in [0.5, 0.6) is 0 Å². The molecule has 0 bridgehead atoms. The summed E-state index contributed by atoms with van der Waals surface area (Å²) < 4.78 is 20.8. The zero-order valence-corrected chi connectivity index (χ0v) is 15.3. The van der Waals surface area contributed by atoms with E-state index in [1.54, 1.807) is 47.8 Å². The average Bonchev–Trinajstić information content (AvgIpc) is 3.39. The van der Waals surface area contributed by atoms with Crippen LogP contribution in [0.4, 0.5) is 4.39 Å². The summed E-state index contributed by atoms with van der Waals surface area (Å²) >= 11 is 3.30. The van der Waals surface area contributed by atoms with Crippen molar-refractivity contribution in [2.75, 3.05) is 0 Å². The number of aromatic nitrogens is 4. The molecule has 0 aliphatic heterocycles. The zero-order chi connectivity index (χ0) is 17.8. The third-order valence-electron chi connectivity index (χ3n) is 3.73. The van der Waals surface area contributed by atoms with Crippen LogP contribution in [0.15, 0.2) is 63.9 Å². The lowest BCUT2D eigenvalue weighted by atomic mass is 10.2. The van der Waals surface area contributed by atoms with Gasteiger partial charge in [-0.2, -0.15) is 0 Å². The fourth-order valence-electron chi connectivity index (χ4n) is 2.46. The van der Waals surface area contributed by atoms with Crippen molar-refractivity contribution >= 4 is 23.1 Å². The van der Waals surface area contributed by atoms with Crippen LogP contribution < -0.4 is 0 Å². The lowest BCUT2D eigenvalue weighted by Crippen LogP contribution is -2.01. The normalized spacial score (nSPS) is 11.1. The second-order valence-corrected chi connectivity index (χ2v) is 7.55. The number of rotatable bonds is 7. The van der Waals surface area contributed by atoms with Crippen molar-refractivity contribution in [2.45, 2.75) is 23.9 Å². The molecule has 0 atom stereocenters. The third kappa shape index (κ3) is 4.03. The van der Waals surface area contributed by atoms with Crippen molar-refractivity contribution in [2.24, 2.45) is 0 Å². The first-order valence-corrected chi connectivity index (χ1v) is 9.88. The van der Waals surface area contributed by atoms with Crippen LogP contribution in [-0.4, -0.2) is 19.7 Å². The summed E-state index contributed by atoms with van der Waals surface area (Å²) in [5, 5.41) is 11.1. The van der Waals surface area contributed by atoms with E-state index in [1.165, 1.54) is 17.0 Å². The summed E-state index contributed by atoms with van der Waals surface area (Å²) in [6, 6.07) is 10.4. The van der Waals surface area contributed by atoms with Crippen LogP contribution in [0.3, 0.4) is 0 Å². The van der Waals surface area contributed by atoms with Crippen molar-refractivity contribution in [1.82, 2.24) is 19.7 Å². The number of thiophene rings is 1. The number of oxazole rings is 1. The molecule has 0 saturated carbocycles. The minimum absolute atomic E-state index is 0.310. The highest BCUT2D eigenvalue weighted by Crippen LogP contribution is 2.24. The molecule has 0 aliphatic carbocycles. The molecule has 3 heterocycles. The number of halogens is 1. The van der Waals surface area contributed by atoms with Crippen LogP contribution in [0.25, 0.3) is 11.5 Å². The largest absolute Gasteiger partial charge is 0.444 e. The predicted octanol–water partition coefficient (Wildman–Crippen LogP) is 4.67. The van der Waals surface area contributed by atoms with Gasteiger partial charge in [0.05, 0.1) is 5.69 Å². The fraction of sp³-hybridized carbons (Fsp3) is 0.167. The van der Waals surface area contributed by atoms with Crippen LogP contribution in [0, 0.1) is 5.82 Å². The first kappa shape index (κ1) is 17.0. The third-order valence-corrected chi connectivity index (χ3v) is 5.68. The first-order chi connectivity index (χ1) is 12.8. The Balaban J connectivity index is 1.38. The standard InChI is InChI=1S/C18H15FN4OS2/c19-14-4-1-3-13(9-14)17-21-15(10-24-17)11-26-18-22-20-12-23(18)7-6-16-5-2-8-25-16/h1-5,8-10,12H,6-7,11H2. The number of aryl methyl sites for hydroxylation is 2. The van der Waals surface area contributed by atoms with Crippen LogP contribution in [-0.2, 0) is 18.7 Å². The molecule has 8 heteroatoms. The Kier molecular flexibility index (Phi) is 5.12. The number of hydrogen-bond donors (Lipinski definition) is 0. The molecule has 0 fully saturated rings. The molecule has 1 aromatic carbocycles. The van der Waals surface area contributed by atoms with E-state index < -0.39 is 0 Å². The van der Waals surface area contributed by atoms with Crippen molar-refractivity contribution in [3.8, 4) is 11.5 Å². The highest BCUT2D eigenvalue weighted by atomic mass is 32.2. The molecule has 0 amide bonds. The Morgan fingerprint density at radius 1 is 1.23 bits per heavy atom. The van der Waals surface area contributed by atoms with Gasteiger partial charge < -0.3 is 8.98 Å². The van der Waals surface area contributed by atoms with E-state index >= 15 is 0 Å². The van der Waals surface area contributed by atoms with Gasteiger partial charge in [-0.3, -0.25) is 0 Å². The molecule has 5 nitrogen and oxygen atoms in total. The summed E-state index contributed by atoms with van der Waals surface area (Å²) in [5.74, 6) is 0.714. The van der Waals surface area contributed by atoms with E-state index in [9.17, 15) is 4.39 Å². The average molecular weight is 386 g/mol. The number of hydrogen-bond acceptors (Lipinski definition) is 6. The van der Waals surface area contributed by atoms with Gasteiger partial charge in [0.1, 0.15) is 18.4 Å². The smallest absolute Gasteiger partial charge is 0.226 e. The first-order valence-electron chi connectivity index (χ1n) is 8.01. The van der Waals surface area contributed by atoms with E-state index in [-0.39, 0.29) is 5.82 Å².